The number of urea groups is 1. The number of aryl methyl sites for hydroxylation is 2. The van der Waals surface area contributed by atoms with Crippen LogP contribution in [0.2, 0.25) is 0 Å². The second-order valence-electron chi connectivity index (χ2n) is 8.35. The zero-order valence-corrected chi connectivity index (χ0v) is 18.5. The SMILES string of the molecule is CCc1ccc(NC(=O)N2Cc3ccccc3-n3cccc3C2c2ccc(C)cc2)cc1. The van der Waals surface area contributed by atoms with E-state index in [9.17, 15) is 4.79 Å². The van der Waals surface area contributed by atoms with Crippen molar-refractivity contribution >= 4 is 11.7 Å². The van der Waals surface area contributed by atoms with Gasteiger partial charge in [-0.05, 0) is 60.4 Å². The Hall–Kier alpha value is -3.79. The molecule has 4 heteroatoms. The Morgan fingerprint density at radius 2 is 1.69 bits per heavy atom. The number of nitrogens with zero attached hydrogens (tertiary/aromatic N) is 2. The summed E-state index contributed by atoms with van der Waals surface area (Å²) in [5.41, 5.74) is 7.68. The van der Waals surface area contributed by atoms with Crippen molar-refractivity contribution in [2.24, 2.45) is 0 Å². The molecule has 1 aliphatic heterocycles. The number of para-hydroxylation sites is 1. The van der Waals surface area contributed by atoms with Crippen molar-refractivity contribution in [1.82, 2.24) is 9.47 Å². The molecule has 0 saturated carbocycles. The van der Waals surface area contributed by atoms with Crippen molar-refractivity contribution in [1.29, 1.82) is 0 Å². The standard InChI is InChI=1S/C28H27N3O/c1-3-21-12-16-24(17-13-21)29-28(32)31-19-23-7-4-5-8-25(23)30-18-6-9-26(30)27(31)22-14-10-20(2)11-15-22/h4-18,27H,3,19H2,1-2H3,(H,29,32). The number of anilines is 1. The fraction of sp³-hybridized carbons (Fsp3) is 0.179. The van der Waals surface area contributed by atoms with E-state index in [1.165, 1.54) is 11.1 Å². The second kappa shape index (κ2) is 8.39. The first-order valence-corrected chi connectivity index (χ1v) is 11.1. The fourth-order valence-corrected chi connectivity index (χ4v) is 4.46. The average Bonchev–Trinajstić information content (AvgIpc) is 3.25. The third-order valence-electron chi connectivity index (χ3n) is 6.23. The van der Waals surface area contributed by atoms with Gasteiger partial charge in [-0.1, -0.05) is 67.1 Å². The fourth-order valence-electron chi connectivity index (χ4n) is 4.46. The van der Waals surface area contributed by atoms with Crippen molar-refractivity contribution in [2.75, 3.05) is 5.32 Å². The molecule has 32 heavy (non-hydrogen) atoms. The number of rotatable bonds is 3. The van der Waals surface area contributed by atoms with Gasteiger partial charge in [0.2, 0.25) is 0 Å². The molecule has 4 aromatic rings. The van der Waals surface area contributed by atoms with E-state index in [2.05, 4.69) is 96.7 Å². The molecule has 5 rings (SSSR count). The summed E-state index contributed by atoms with van der Waals surface area (Å²) in [6, 6.07) is 28.7. The molecule has 0 aliphatic carbocycles. The van der Waals surface area contributed by atoms with Crippen LogP contribution in [0.15, 0.2) is 91.1 Å². The van der Waals surface area contributed by atoms with Gasteiger partial charge in [-0.2, -0.15) is 0 Å². The minimum atomic E-state index is -0.201. The maximum atomic E-state index is 13.7. The monoisotopic (exact) mass is 421 g/mol. The maximum Gasteiger partial charge on any atom is 0.322 e. The van der Waals surface area contributed by atoms with Gasteiger partial charge in [0.25, 0.3) is 0 Å². The summed E-state index contributed by atoms with van der Waals surface area (Å²) in [5, 5.41) is 3.13. The molecule has 1 aliphatic rings. The van der Waals surface area contributed by atoms with Crippen LogP contribution in [0, 0.1) is 6.92 Å². The second-order valence-corrected chi connectivity index (χ2v) is 8.35. The van der Waals surface area contributed by atoms with E-state index in [0.29, 0.717) is 6.54 Å². The zero-order valence-electron chi connectivity index (χ0n) is 18.5. The third-order valence-corrected chi connectivity index (χ3v) is 6.23. The molecule has 0 saturated heterocycles. The quantitative estimate of drug-likeness (QED) is 0.404. The predicted octanol–water partition coefficient (Wildman–Crippen LogP) is 6.49. The van der Waals surface area contributed by atoms with Crippen molar-refractivity contribution in [3.63, 3.8) is 0 Å². The van der Waals surface area contributed by atoms with Crippen LogP contribution in [0.1, 0.15) is 40.9 Å². The maximum absolute atomic E-state index is 13.7. The lowest BCUT2D eigenvalue weighted by molar-refractivity contribution is 0.194. The van der Waals surface area contributed by atoms with Gasteiger partial charge in [-0.25, -0.2) is 4.79 Å². The van der Waals surface area contributed by atoms with Gasteiger partial charge in [0, 0.05) is 17.6 Å². The lowest BCUT2D eigenvalue weighted by Crippen LogP contribution is -2.37. The number of nitrogens with one attached hydrogen (secondary N) is 1. The van der Waals surface area contributed by atoms with E-state index < -0.39 is 0 Å². The highest BCUT2D eigenvalue weighted by Crippen LogP contribution is 2.37. The van der Waals surface area contributed by atoms with Crippen molar-refractivity contribution < 1.29 is 4.79 Å². The van der Waals surface area contributed by atoms with E-state index in [0.717, 1.165) is 34.6 Å². The van der Waals surface area contributed by atoms with Gasteiger partial charge in [0.05, 0.1) is 18.3 Å². The van der Waals surface area contributed by atoms with Gasteiger partial charge in [0.1, 0.15) is 0 Å². The summed E-state index contributed by atoms with van der Waals surface area (Å²) in [5.74, 6) is 0. The predicted molar refractivity (Wildman–Crippen MR) is 129 cm³/mol. The topological polar surface area (TPSA) is 37.3 Å². The Labute approximate surface area is 189 Å². The first-order valence-electron chi connectivity index (χ1n) is 11.1. The normalized spacial score (nSPS) is 14.9. The van der Waals surface area contributed by atoms with Crippen LogP contribution in [0.3, 0.4) is 0 Å². The molecule has 1 unspecified atom stereocenters. The lowest BCUT2D eigenvalue weighted by Gasteiger charge is -2.31. The van der Waals surface area contributed by atoms with Crippen molar-refractivity contribution in [3.05, 3.63) is 119 Å². The van der Waals surface area contributed by atoms with Gasteiger partial charge in [-0.15, -0.1) is 0 Å². The molecule has 0 fully saturated rings. The van der Waals surface area contributed by atoms with Crippen LogP contribution < -0.4 is 5.32 Å². The molecule has 2 heterocycles. The molecule has 4 nitrogen and oxygen atoms in total. The Kier molecular flexibility index (Phi) is 5.28. The van der Waals surface area contributed by atoms with Crippen LogP contribution in [0.4, 0.5) is 10.5 Å². The Balaban J connectivity index is 1.59. The summed E-state index contributed by atoms with van der Waals surface area (Å²) < 4.78 is 2.21. The van der Waals surface area contributed by atoms with Crippen LogP contribution >= 0.6 is 0 Å². The smallest absolute Gasteiger partial charge is 0.318 e. The summed E-state index contributed by atoms with van der Waals surface area (Å²) >= 11 is 0. The molecular weight excluding hydrogens is 394 g/mol. The number of hydrogen-bond acceptors (Lipinski definition) is 1. The molecule has 3 aromatic carbocycles. The van der Waals surface area contributed by atoms with E-state index in [1.54, 1.807) is 0 Å². The molecule has 1 N–H and O–H groups in total. The molecule has 0 bridgehead atoms. The van der Waals surface area contributed by atoms with Crippen LogP contribution in [0.5, 0.6) is 0 Å². The highest BCUT2D eigenvalue weighted by Gasteiger charge is 2.32. The third kappa shape index (κ3) is 3.69. The molecule has 2 amide bonds. The number of benzene rings is 3. The van der Waals surface area contributed by atoms with E-state index in [4.69, 9.17) is 0 Å². The van der Waals surface area contributed by atoms with Crippen LogP contribution in [-0.4, -0.2) is 15.5 Å². The van der Waals surface area contributed by atoms with E-state index in [1.807, 2.05) is 23.1 Å². The number of amides is 2. The number of carbonyl (C=O) groups is 1. The summed E-state index contributed by atoms with van der Waals surface area (Å²) in [7, 11) is 0. The Morgan fingerprint density at radius 3 is 2.44 bits per heavy atom. The highest BCUT2D eigenvalue weighted by atomic mass is 16.2. The molecule has 160 valence electrons. The minimum absolute atomic E-state index is 0.107. The van der Waals surface area contributed by atoms with E-state index >= 15 is 0 Å². The van der Waals surface area contributed by atoms with E-state index in [-0.39, 0.29) is 12.1 Å². The van der Waals surface area contributed by atoms with Gasteiger partial charge in [0.15, 0.2) is 0 Å². The zero-order chi connectivity index (χ0) is 22.1. The minimum Gasteiger partial charge on any atom is -0.318 e. The summed E-state index contributed by atoms with van der Waals surface area (Å²) in [6.07, 6.45) is 3.06. The number of carbonyl (C=O) groups excluding carboxylic acids is 1. The van der Waals surface area contributed by atoms with Crippen LogP contribution in [0.25, 0.3) is 5.69 Å². The first kappa shape index (κ1) is 20.1. The van der Waals surface area contributed by atoms with Crippen molar-refractivity contribution in [2.45, 2.75) is 32.9 Å². The van der Waals surface area contributed by atoms with Crippen molar-refractivity contribution in [3.8, 4) is 5.69 Å². The Bertz CT molecular complexity index is 1240. The highest BCUT2D eigenvalue weighted by molar-refractivity contribution is 5.90. The molecule has 0 radical (unpaired) electrons. The van der Waals surface area contributed by atoms with Crippen LogP contribution in [-0.2, 0) is 13.0 Å². The lowest BCUT2D eigenvalue weighted by atomic mass is 10.0. The summed E-state index contributed by atoms with van der Waals surface area (Å²) in [4.78, 5) is 15.6. The first-order chi connectivity index (χ1) is 15.6. The molecule has 0 spiro atoms. The average molecular weight is 422 g/mol. The number of fused-ring (bicyclic) bond motifs is 3. The van der Waals surface area contributed by atoms with Gasteiger partial charge >= 0.3 is 6.03 Å². The van der Waals surface area contributed by atoms with Gasteiger partial charge < -0.3 is 14.8 Å². The summed E-state index contributed by atoms with van der Waals surface area (Å²) in [6.45, 7) is 4.73. The van der Waals surface area contributed by atoms with Gasteiger partial charge in [-0.3, -0.25) is 0 Å². The molecule has 1 aromatic heterocycles. The number of aromatic nitrogens is 1. The largest absolute Gasteiger partial charge is 0.322 e. The molecule has 1 atom stereocenters. The Morgan fingerprint density at radius 1 is 0.938 bits per heavy atom. The number of hydrogen-bond donors (Lipinski definition) is 1. The molecular formula is C28H27N3O.